The van der Waals surface area contributed by atoms with E-state index in [4.69, 9.17) is 21.4 Å². The molecule has 0 saturated carbocycles. The molecule has 2 rings (SSSR count). The van der Waals surface area contributed by atoms with Crippen LogP contribution in [0.3, 0.4) is 0 Å². The molecule has 1 aromatic heterocycles. The van der Waals surface area contributed by atoms with Gasteiger partial charge in [0.2, 0.25) is 0 Å². The Morgan fingerprint density at radius 3 is 3.05 bits per heavy atom. The molecule has 2 N–H and O–H groups in total. The van der Waals surface area contributed by atoms with Crippen molar-refractivity contribution < 1.29 is 9.84 Å². The minimum Gasteiger partial charge on any atom is -0.492 e. The number of halogens is 1. The van der Waals surface area contributed by atoms with Crippen molar-refractivity contribution in [3.63, 3.8) is 0 Å². The quantitative estimate of drug-likeness (QED) is 0.824. The Bertz CT molecular complexity index is 557. The molecule has 0 saturated heterocycles. The molecule has 1 heterocycles. The van der Waals surface area contributed by atoms with Crippen LogP contribution in [0.15, 0.2) is 30.6 Å². The Morgan fingerprint density at radius 2 is 2.30 bits per heavy atom. The van der Waals surface area contributed by atoms with Gasteiger partial charge in [0, 0.05) is 23.3 Å². The fourth-order valence-electron chi connectivity index (χ4n) is 1.84. The second-order valence-corrected chi connectivity index (χ2v) is 4.70. The summed E-state index contributed by atoms with van der Waals surface area (Å²) in [5.41, 5.74) is 1.88. The monoisotopic (exact) mass is 295 g/mol. The Hall–Kier alpha value is -1.72. The maximum absolute atomic E-state index is 8.86. The molecule has 5 nitrogen and oxygen atoms in total. The van der Waals surface area contributed by atoms with E-state index in [0.717, 1.165) is 17.0 Å². The number of ether oxygens (including phenoxy) is 1. The van der Waals surface area contributed by atoms with E-state index in [2.05, 4.69) is 10.4 Å². The normalized spacial score (nSPS) is 10.6. The van der Waals surface area contributed by atoms with E-state index in [-0.39, 0.29) is 6.61 Å². The third kappa shape index (κ3) is 3.88. The molecule has 0 atom stereocenters. The average Bonchev–Trinajstić information content (AvgIpc) is 2.87. The summed E-state index contributed by atoms with van der Waals surface area (Å²) in [6.45, 7) is 3.74. The fraction of sp³-hybridized carbons (Fsp3) is 0.357. The molecule has 0 unspecified atom stereocenters. The molecule has 0 spiro atoms. The van der Waals surface area contributed by atoms with Gasteiger partial charge in [-0.05, 0) is 25.1 Å². The Kier molecular flexibility index (Phi) is 5.26. The van der Waals surface area contributed by atoms with Crippen LogP contribution in [0.25, 0.3) is 0 Å². The molecule has 0 fully saturated rings. The first-order valence-electron chi connectivity index (χ1n) is 6.51. The predicted molar refractivity (Wildman–Crippen MR) is 79.3 cm³/mol. The smallest absolute Gasteiger partial charge is 0.142 e. The number of hydrogen-bond donors (Lipinski definition) is 2. The van der Waals surface area contributed by atoms with Gasteiger partial charge in [0.15, 0.2) is 0 Å². The summed E-state index contributed by atoms with van der Waals surface area (Å²) in [7, 11) is 0. The highest BCUT2D eigenvalue weighted by Gasteiger charge is 2.05. The van der Waals surface area contributed by atoms with E-state index in [1.54, 1.807) is 16.9 Å². The maximum Gasteiger partial charge on any atom is 0.142 e. The summed E-state index contributed by atoms with van der Waals surface area (Å²) in [4.78, 5) is 0. The number of hydrogen-bond acceptors (Lipinski definition) is 4. The Labute approximate surface area is 123 Å². The van der Waals surface area contributed by atoms with Crippen molar-refractivity contribution in [3.05, 3.63) is 41.2 Å². The highest BCUT2D eigenvalue weighted by Crippen LogP contribution is 2.28. The van der Waals surface area contributed by atoms with Crippen LogP contribution in [0.5, 0.6) is 5.75 Å². The molecule has 0 radical (unpaired) electrons. The van der Waals surface area contributed by atoms with Crippen molar-refractivity contribution in [2.45, 2.75) is 20.0 Å². The molecule has 2 aromatic rings. The van der Waals surface area contributed by atoms with Gasteiger partial charge in [-0.15, -0.1) is 0 Å². The third-order valence-electron chi connectivity index (χ3n) is 2.74. The average molecular weight is 296 g/mol. The van der Waals surface area contributed by atoms with Gasteiger partial charge in [0.05, 0.1) is 31.6 Å². The van der Waals surface area contributed by atoms with Gasteiger partial charge < -0.3 is 15.2 Å². The van der Waals surface area contributed by atoms with Gasteiger partial charge in [-0.25, -0.2) is 0 Å². The predicted octanol–water partition coefficient (Wildman–Crippen LogP) is 2.54. The lowest BCUT2D eigenvalue weighted by Crippen LogP contribution is -2.03. The van der Waals surface area contributed by atoms with Crippen LogP contribution < -0.4 is 10.1 Å². The topological polar surface area (TPSA) is 59.3 Å². The van der Waals surface area contributed by atoms with E-state index in [1.807, 2.05) is 25.3 Å². The van der Waals surface area contributed by atoms with Gasteiger partial charge in [0.25, 0.3) is 0 Å². The van der Waals surface area contributed by atoms with Crippen LogP contribution in [0.4, 0.5) is 5.69 Å². The molecular weight excluding hydrogens is 278 g/mol. The summed E-state index contributed by atoms with van der Waals surface area (Å²) in [6, 6.07) is 5.49. The molecule has 0 aliphatic heterocycles. The van der Waals surface area contributed by atoms with Crippen molar-refractivity contribution in [2.24, 2.45) is 0 Å². The lowest BCUT2D eigenvalue weighted by atomic mass is 10.2. The summed E-state index contributed by atoms with van der Waals surface area (Å²) < 4.78 is 7.26. The lowest BCUT2D eigenvalue weighted by Gasteiger charge is -2.12. The van der Waals surface area contributed by atoms with Crippen molar-refractivity contribution >= 4 is 17.3 Å². The van der Waals surface area contributed by atoms with E-state index in [1.165, 1.54) is 0 Å². The highest BCUT2D eigenvalue weighted by molar-refractivity contribution is 6.30. The number of aliphatic hydroxyl groups is 1. The van der Waals surface area contributed by atoms with Gasteiger partial charge in [-0.3, -0.25) is 4.68 Å². The zero-order chi connectivity index (χ0) is 14.4. The highest BCUT2D eigenvalue weighted by atomic mass is 35.5. The van der Waals surface area contributed by atoms with Gasteiger partial charge in [-0.2, -0.15) is 5.10 Å². The first kappa shape index (κ1) is 14.7. The molecule has 1 aromatic carbocycles. The van der Waals surface area contributed by atoms with E-state index < -0.39 is 0 Å². The Balaban J connectivity index is 2.03. The third-order valence-corrected chi connectivity index (χ3v) is 2.98. The number of rotatable bonds is 7. The van der Waals surface area contributed by atoms with Crippen LogP contribution in [0, 0.1) is 0 Å². The van der Waals surface area contributed by atoms with E-state index >= 15 is 0 Å². The second-order valence-electron chi connectivity index (χ2n) is 4.26. The van der Waals surface area contributed by atoms with Crippen LogP contribution in [0.1, 0.15) is 12.5 Å². The van der Waals surface area contributed by atoms with E-state index in [9.17, 15) is 0 Å². The lowest BCUT2D eigenvalue weighted by molar-refractivity contribution is 0.269. The number of nitrogens with zero attached hydrogens (tertiary/aromatic N) is 2. The minimum absolute atomic E-state index is 0.0807. The number of nitrogens with one attached hydrogen (secondary N) is 1. The van der Waals surface area contributed by atoms with Crippen LogP contribution >= 0.6 is 11.6 Å². The van der Waals surface area contributed by atoms with Crippen molar-refractivity contribution in [2.75, 3.05) is 18.5 Å². The molecule has 0 aliphatic rings. The molecule has 0 bridgehead atoms. The van der Waals surface area contributed by atoms with Crippen molar-refractivity contribution in [1.82, 2.24) is 9.78 Å². The summed E-state index contributed by atoms with van der Waals surface area (Å²) in [6.07, 6.45) is 3.67. The zero-order valence-electron chi connectivity index (χ0n) is 11.3. The minimum atomic E-state index is 0.0807. The zero-order valence-corrected chi connectivity index (χ0v) is 12.1. The molecule has 108 valence electrons. The second kappa shape index (κ2) is 7.17. The summed E-state index contributed by atoms with van der Waals surface area (Å²) in [5, 5.41) is 17.0. The van der Waals surface area contributed by atoms with Gasteiger partial charge in [-0.1, -0.05) is 11.6 Å². The fourth-order valence-corrected chi connectivity index (χ4v) is 2.01. The van der Waals surface area contributed by atoms with Crippen molar-refractivity contribution in [3.8, 4) is 5.75 Å². The standard InChI is InChI=1S/C14H18ClN3O2/c1-2-20-14-4-3-12(15)7-13(14)16-8-11-9-17-18(10-11)5-6-19/h3-4,7,9-10,16,19H,2,5-6,8H2,1H3. The molecule has 20 heavy (non-hydrogen) atoms. The summed E-state index contributed by atoms with van der Waals surface area (Å²) in [5.74, 6) is 0.777. The number of aromatic nitrogens is 2. The number of aliphatic hydroxyl groups excluding tert-OH is 1. The van der Waals surface area contributed by atoms with Crippen LogP contribution in [-0.2, 0) is 13.1 Å². The molecule has 0 aliphatic carbocycles. The first-order chi connectivity index (χ1) is 9.72. The summed E-state index contributed by atoms with van der Waals surface area (Å²) >= 11 is 6.00. The van der Waals surface area contributed by atoms with Crippen molar-refractivity contribution in [1.29, 1.82) is 0 Å². The molecular formula is C14H18ClN3O2. The largest absolute Gasteiger partial charge is 0.492 e. The van der Waals surface area contributed by atoms with Gasteiger partial charge >= 0.3 is 0 Å². The van der Waals surface area contributed by atoms with Gasteiger partial charge in [0.1, 0.15) is 5.75 Å². The molecule has 0 amide bonds. The van der Waals surface area contributed by atoms with E-state index in [0.29, 0.717) is 24.7 Å². The van der Waals surface area contributed by atoms with Crippen LogP contribution in [-0.4, -0.2) is 28.1 Å². The number of benzene rings is 1. The maximum atomic E-state index is 8.86. The molecule has 6 heteroatoms. The SMILES string of the molecule is CCOc1ccc(Cl)cc1NCc1cnn(CCO)c1. The first-order valence-corrected chi connectivity index (χ1v) is 6.89. The number of anilines is 1. The van der Waals surface area contributed by atoms with Crippen LogP contribution in [0.2, 0.25) is 5.02 Å². The Morgan fingerprint density at radius 1 is 1.45 bits per heavy atom.